The molecule has 3 nitrogen and oxygen atoms in total. The molecule has 0 saturated heterocycles. The van der Waals surface area contributed by atoms with Crippen molar-refractivity contribution in [2.45, 2.75) is 4.83 Å². The van der Waals surface area contributed by atoms with Gasteiger partial charge in [-0.05, 0) is 18.2 Å². The topological polar surface area (TPSA) is 29.5 Å². The monoisotopic (exact) mass is 303 g/mol. The van der Waals surface area contributed by atoms with Crippen LogP contribution in [0.25, 0.3) is 0 Å². The summed E-state index contributed by atoms with van der Waals surface area (Å²) < 4.78 is 17.9. The van der Waals surface area contributed by atoms with Crippen LogP contribution in [0.3, 0.4) is 0 Å². The van der Waals surface area contributed by atoms with Gasteiger partial charge in [-0.15, -0.1) is 0 Å². The molecule has 0 radical (unpaired) electrons. The Labute approximate surface area is 109 Å². The van der Waals surface area contributed by atoms with Gasteiger partial charge in [-0.25, -0.2) is 4.39 Å². The van der Waals surface area contributed by atoms with E-state index in [-0.39, 0.29) is 10.7 Å². The first-order valence-corrected chi connectivity index (χ1v) is 6.10. The van der Waals surface area contributed by atoms with Crippen molar-refractivity contribution in [2.24, 2.45) is 0 Å². The maximum Gasteiger partial charge on any atom is 0.253 e. The number of hydrogen-bond acceptors (Lipinski definition) is 2. The Morgan fingerprint density at radius 1 is 1.59 bits per heavy atom. The Hall–Kier alpha value is -0.940. The van der Waals surface area contributed by atoms with Crippen LogP contribution < -0.4 is 0 Å². The third kappa shape index (κ3) is 4.44. The van der Waals surface area contributed by atoms with Crippen LogP contribution in [0.5, 0.6) is 0 Å². The summed E-state index contributed by atoms with van der Waals surface area (Å²) in [7, 11) is 3.28. The summed E-state index contributed by atoms with van der Waals surface area (Å²) in [4.78, 5) is 13.5. The lowest BCUT2D eigenvalue weighted by atomic mass is 10.2. The molecule has 1 amide bonds. The molecule has 0 saturated carbocycles. The number of rotatable bonds is 5. The van der Waals surface area contributed by atoms with Gasteiger partial charge in [0, 0.05) is 26.3 Å². The van der Waals surface area contributed by atoms with Crippen molar-refractivity contribution >= 4 is 21.8 Å². The lowest BCUT2D eigenvalue weighted by Crippen LogP contribution is -2.33. The second kappa shape index (κ2) is 6.71. The van der Waals surface area contributed by atoms with Crippen LogP contribution in [-0.2, 0) is 4.74 Å². The third-order valence-corrected chi connectivity index (χ3v) is 2.79. The second-order valence-electron chi connectivity index (χ2n) is 3.75. The van der Waals surface area contributed by atoms with Crippen molar-refractivity contribution in [3.8, 4) is 0 Å². The number of carbonyl (C=O) groups excluding carboxylic acids is 1. The quantitative estimate of drug-likeness (QED) is 0.781. The zero-order valence-corrected chi connectivity index (χ0v) is 11.4. The van der Waals surface area contributed by atoms with E-state index in [1.165, 1.54) is 23.1 Å². The smallest absolute Gasteiger partial charge is 0.253 e. The molecule has 0 N–H and O–H groups in total. The van der Waals surface area contributed by atoms with E-state index in [0.29, 0.717) is 18.7 Å². The third-order valence-electron chi connectivity index (χ3n) is 2.24. The second-order valence-corrected chi connectivity index (χ2v) is 5.04. The molecule has 1 unspecified atom stereocenters. The Morgan fingerprint density at radius 3 is 2.88 bits per heavy atom. The van der Waals surface area contributed by atoms with E-state index in [0.717, 1.165) is 0 Å². The van der Waals surface area contributed by atoms with E-state index in [2.05, 4.69) is 15.9 Å². The summed E-state index contributed by atoms with van der Waals surface area (Å²) in [5.74, 6) is -0.610. The maximum absolute atomic E-state index is 13.0. The van der Waals surface area contributed by atoms with E-state index in [1.54, 1.807) is 20.2 Å². The number of alkyl halides is 1. The minimum absolute atomic E-state index is 0.0648. The Balaban J connectivity index is 2.63. The molecule has 0 heterocycles. The molecule has 17 heavy (non-hydrogen) atoms. The first kappa shape index (κ1) is 14.1. The van der Waals surface area contributed by atoms with Crippen molar-refractivity contribution in [1.29, 1.82) is 0 Å². The van der Waals surface area contributed by atoms with Gasteiger partial charge < -0.3 is 9.64 Å². The van der Waals surface area contributed by atoms with Crippen LogP contribution in [0.15, 0.2) is 24.3 Å². The number of amides is 1. The average Bonchev–Trinajstić information content (AvgIpc) is 2.28. The molecule has 0 aliphatic carbocycles. The number of carbonyl (C=O) groups is 1. The zero-order valence-electron chi connectivity index (χ0n) is 9.82. The fourth-order valence-electron chi connectivity index (χ4n) is 1.46. The first-order valence-electron chi connectivity index (χ1n) is 5.18. The summed E-state index contributed by atoms with van der Waals surface area (Å²) in [6.45, 7) is 1.02. The molecule has 5 heteroatoms. The highest BCUT2D eigenvalue weighted by Crippen LogP contribution is 2.09. The highest BCUT2D eigenvalue weighted by Gasteiger charge is 2.15. The molecule has 1 aromatic carbocycles. The highest BCUT2D eigenvalue weighted by molar-refractivity contribution is 9.09. The highest BCUT2D eigenvalue weighted by atomic mass is 79.9. The number of halogens is 2. The van der Waals surface area contributed by atoms with Crippen LogP contribution in [0.2, 0.25) is 0 Å². The van der Waals surface area contributed by atoms with Crippen molar-refractivity contribution in [1.82, 2.24) is 4.90 Å². The molecule has 0 fully saturated rings. The fourth-order valence-corrected chi connectivity index (χ4v) is 2.15. The number of ether oxygens (including phenoxy) is 1. The van der Waals surface area contributed by atoms with E-state index in [9.17, 15) is 9.18 Å². The van der Waals surface area contributed by atoms with Crippen molar-refractivity contribution in [3.05, 3.63) is 35.6 Å². The van der Waals surface area contributed by atoms with E-state index >= 15 is 0 Å². The maximum atomic E-state index is 13.0. The molecule has 0 spiro atoms. The van der Waals surface area contributed by atoms with Crippen LogP contribution in [-0.4, -0.2) is 42.9 Å². The van der Waals surface area contributed by atoms with Gasteiger partial charge in [0.1, 0.15) is 5.82 Å². The van der Waals surface area contributed by atoms with Crippen LogP contribution in [0, 0.1) is 5.82 Å². The number of methoxy groups -OCH3 is 1. The van der Waals surface area contributed by atoms with Gasteiger partial charge >= 0.3 is 0 Å². The summed E-state index contributed by atoms with van der Waals surface area (Å²) in [5, 5.41) is 0. The Bertz CT molecular complexity index is 387. The van der Waals surface area contributed by atoms with Crippen molar-refractivity contribution < 1.29 is 13.9 Å². The molecule has 0 bridgehead atoms. The number of hydrogen-bond donors (Lipinski definition) is 0. The number of benzene rings is 1. The predicted molar refractivity (Wildman–Crippen MR) is 68.0 cm³/mol. The molecular weight excluding hydrogens is 289 g/mol. The molecule has 94 valence electrons. The van der Waals surface area contributed by atoms with E-state index < -0.39 is 5.82 Å². The molecular formula is C12H15BrFNO2. The predicted octanol–water partition coefficient (Wildman–Crippen LogP) is 2.31. The van der Waals surface area contributed by atoms with Gasteiger partial charge in [0.25, 0.3) is 5.91 Å². The van der Waals surface area contributed by atoms with Gasteiger partial charge in [-0.1, -0.05) is 22.0 Å². The zero-order chi connectivity index (χ0) is 12.8. The van der Waals surface area contributed by atoms with Crippen LogP contribution >= 0.6 is 15.9 Å². The number of nitrogens with zero attached hydrogens (tertiary/aromatic N) is 1. The lowest BCUT2D eigenvalue weighted by molar-refractivity contribution is 0.0783. The summed E-state index contributed by atoms with van der Waals surface area (Å²) in [5.41, 5.74) is 0.351. The van der Waals surface area contributed by atoms with Gasteiger partial charge in [-0.2, -0.15) is 0 Å². The minimum atomic E-state index is -0.406. The fraction of sp³-hybridized carbons (Fsp3) is 0.417. The molecule has 1 aromatic rings. The molecule has 1 atom stereocenters. The van der Waals surface area contributed by atoms with E-state index in [1.807, 2.05) is 0 Å². The first-order chi connectivity index (χ1) is 8.04. The Kier molecular flexibility index (Phi) is 5.58. The van der Waals surface area contributed by atoms with Crippen LogP contribution in [0.1, 0.15) is 10.4 Å². The van der Waals surface area contributed by atoms with Gasteiger partial charge in [0.2, 0.25) is 0 Å². The Morgan fingerprint density at radius 2 is 2.29 bits per heavy atom. The van der Waals surface area contributed by atoms with Crippen molar-refractivity contribution in [2.75, 3.05) is 27.3 Å². The van der Waals surface area contributed by atoms with E-state index in [4.69, 9.17) is 4.74 Å². The molecule has 0 aliphatic heterocycles. The standard InChI is InChI=1S/C12H15BrFNO2/c1-15(7-10(13)8-17-2)12(16)9-4-3-5-11(14)6-9/h3-6,10H,7-8H2,1-2H3. The molecule has 0 aliphatic rings. The van der Waals surface area contributed by atoms with Gasteiger partial charge in [0.15, 0.2) is 0 Å². The van der Waals surface area contributed by atoms with Gasteiger partial charge in [-0.3, -0.25) is 4.79 Å². The average molecular weight is 304 g/mol. The largest absolute Gasteiger partial charge is 0.383 e. The molecule has 1 rings (SSSR count). The lowest BCUT2D eigenvalue weighted by Gasteiger charge is -2.20. The van der Waals surface area contributed by atoms with Crippen molar-refractivity contribution in [3.63, 3.8) is 0 Å². The van der Waals surface area contributed by atoms with Crippen LogP contribution in [0.4, 0.5) is 4.39 Å². The van der Waals surface area contributed by atoms with Gasteiger partial charge in [0.05, 0.1) is 11.4 Å². The SMILES string of the molecule is COCC(Br)CN(C)C(=O)c1cccc(F)c1. The normalized spacial score (nSPS) is 12.2. The summed E-state index contributed by atoms with van der Waals surface area (Å²) in [6, 6.07) is 5.67. The minimum Gasteiger partial charge on any atom is -0.383 e. The summed E-state index contributed by atoms with van der Waals surface area (Å²) in [6.07, 6.45) is 0. The summed E-state index contributed by atoms with van der Waals surface area (Å²) >= 11 is 3.40. The molecule has 0 aromatic heterocycles.